The van der Waals surface area contributed by atoms with Crippen LogP contribution in [0, 0.1) is 5.92 Å². The summed E-state index contributed by atoms with van der Waals surface area (Å²) in [6.45, 7) is 3.85. The Morgan fingerprint density at radius 2 is 1.69 bits per heavy atom. The van der Waals surface area contributed by atoms with Gasteiger partial charge in [-0.1, -0.05) is 56.3 Å². The fraction of sp³-hybridized carbons (Fsp3) is 0.304. The van der Waals surface area contributed by atoms with Crippen LogP contribution in [0.15, 0.2) is 59.4 Å². The number of sulfone groups is 1. The number of aromatic nitrogens is 1. The van der Waals surface area contributed by atoms with Crippen molar-refractivity contribution in [2.75, 3.05) is 12.0 Å². The van der Waals surface area contributed by atoms with E-state index in [4.69, 9.17) is 0 Å². The molecule has 1 atom stereocenters. The lowest BCUT2D eigenvalue weighted by molar-refractivity contribution is -0.117. The maximum absolute atomic E-state index is 12.8. The molecule has 0 spiro atoms. The van der Waals surface area contributed by atoms with Gasteiger partial charge in [0.05, 0.1) is 0 Å². The summed E-state index contributed by atoms with van der Waals surface area (Å²) in [5.74, 6) is -1.18. The molecular weight excluding hydrogens is 386 g/mol. The first-order chi connectivity index (χ1) is 13.6. The van der Waals surface area contributed by atoms with E-state index in [-0.39, 0.29) is 29.6 Å². The van der Waals surface area contributed by atoms with Crippen LogP contribution in [-0.4, -0.2) is 31.2 Å². The molecule has 6 heteroatoms. The Morgan fingerprint density at radius 3 is 2.31 bits per heavy atom. The van der Waals surface area contributed by atoms with Crippen LogP contribution in [0.4, 0.5) is 0 Å². The van der Waals surface area contributed by atoms with Gasteiger partial charge in [0, 0.05) is 23.9 Å². The molecule has 0 saturated heterocycles. The SMILES string of the molecule is CC(C)C(CC(=O)CS(C)(=O)=O)c1ccc(-c2ccc3ccccc3c2)[nH]c1=O. The number of H-pyrrole nitrogens is 1. The first-order valence-corrected chi connectivity index (χ1v) is 11.6. The van der Waals surface area contributed by atoms with Gasteiger partial charge in [-0.05, 0) is 40.3 Å². The molecule has 1 aromatic heterocycles. The molecule has 1 N–H and O–H groups in total. The number of pyridine rings is 1. The fourth-order valence-electron chi connectivity index (χ4n) is 3.60. The smallest absolute Gasteiger partial charge is 0.251 e. The molecule has 0 aliphatic carbocycles. The van der Waals surface area contributed by atoms with Crippen molar-refractivity contribution in [3.63, 3.8) is 0 Å². The molecule has 1 heterocycles. The summed E-state index contributed by atoms with van der Waals surface area (Å²) >= 11 is 0. The minimum absolute atomic E-state index is 0.0196. The molecule has 2 aromatic carbocycles. The lowest BCUT2D eigenvalue weighted by Crippen LogP contribution is -2.24. The Morgan fingerprint density at radius 1 is 1.00 bits per heavy atom. The van der Waals surface area contributed by atoms with Crippen molar-refractivity contribution in [2.24, 2.45) is 5.92 Å². The quantitative estimate of drug-likeness (QED) is 0.638. The number of rotatable bonds is 7. The van der Waals surface area contributed by atoms with Crippen molar-refractivity contribution >= 4 is 26.4 Å². The number of ketones is 1. The zero-order chi connectivity index (χ0) is 21.2. The van der Waals surface area contributed by atoms with E-state index < -0.39 is 15.6 Å². The number of Topliss-reactive ketones (excluding diaryl/α,β-unsaturated/α-hetero) is 1. The van der Waals surface area contributed by atoms with Crippen LogP contribution in [0.25, 0.3) is 22.0 Å². The highest BCUT2D eigenvalue weighted by Gasteiger charge is 2.24. The summed E-state index contributed by atoms with van der Waals surface area (Å²) in [5.41, 5.74) is 1.86. The number of nitrogens with one attached hydrogen (secondary N) is 1. The Kier molecular flexibility index (Phi) is 6.03. The molecule has 1 unspecified atom stereocenters. The monoisotopic (exact) mass is 411 g/mol. The highest BCUT2D eigenvalue weighted by atomic mass is 32.2. The molecule has 3 rings (SSSR count). The maximum Gasteiger partial charge on any atom is 0.251 e. The summed E-state index contributed by atoms with van der Waals surface area (Å²) in [5, 5.41) is 2.21. The number of hydrogen-bond donors (Lipinski definition) is 1. The third-order valence-corrected chi connectivity index (χ3v) is 5.92. The van der Waals surface area contributed by atoms with E-state index >= 15 is 0 Å². The Hall–Kier alpha value is -2.73. The average molecular weight is 412 g/mol. The minimum atomic E-state index is -3.38. The zero-order valence-electron chi connectivity index (χ0n) is 16.8. The number of hydrogen-bond acceptors (Lipinski definition) is 4. The molecule has 0 bridgehead atoms. The summed E-state index contributed by atoms with van der Waals surface area (Å²) in [6.07, 6.45) is 1.07. The molecular formula is C23H25NO4S. The molecule has 152 valence electrons. The predicted octanol–water partition coefficient (Wildman–Crippen LogP) is 3.94. The third-order valence-electron chi connectivity index (χ3n) is 5.08. The van der Waals surface area contributed by atoms with Crippen LogP contribution >= 0.6 is 0 Å². The standard InChI is InChI=1S/C23H25NO4S/c1-15(2)21(13-19(25)14-29(3,27)28)20-10-11-22(24-23(20)26)18-9-8-16-6-4-5-7-17(16)12-18/h4-12,15,21H,13-14H2,1-3H3,(H,24,26). The highest BCUT2D eigenvalue weighted by molar-refractivity contribution is 7.91. The molecule has 0 aliphatic heterocycles. The summed E-state index contributed by atoms with van der Waals surface area (Å²) in [6, 6.07) is 17.6. The van der Waals surface area contributed by atoms with Crippen LogP contribution in [0.3, 0.4) is 0 Å². The number of benzene rings is 2. The van der Waals surface area contributed by atoms with E-state index in [1.807, 2.05) is 62.4 Å². The molecule has 5 nitrogen and oxygen atoms in total. The van der Waals surface area contributed by atoms with Crippen LogP contribution in [0.2, 0.25) is 0 Å². The summed E-state index contributed by atoms with van der Waals surface area (Å²) < 4.78 is 22.8. The normalized spacial score (nSPS) is 13.0. The maximum atomic E-state index is 12.8. The predicted molar refractivity (Wildman–Crippen MR) is 117 cm³/mol. The van der Waals surface area contributed by atoms with E-state index in [1.54, 1.807) is 6.07 Å². The van der Waals surface area contributed by atoms with Gasteiger partial charge >= 0.3 is 0 Å². The van der Waals surface area contributed by atoms with Crippen molar-refractivity contribution in [2.45, 2.75) is 26.2 Å². The average Bonchev–Trinajstić information content (AvgIpc) is 2.64. The summed E-state index contributed by atoms with van der Waals surface area (Å²) in [4.78, 5) is 27.9. The van der Waals surface area contributed by atoms with Gasteiger partial charge in [0.2, 0.25) is 0 Å². The first kappa shape index (κ1) is 21.0. The molecule has 0 aliphatic rings. The van der Waals surface area contributed by atoms with Crippen molar-refractivity contribution in [3.8, 4) is 11.3 Å². The molecule has 29 heavy (non-hydrogen) atoms. The van der Waals surface area contributed by atoms with Gasteiger partial charge in [-0.3, -0.25) is 9.59 Å². The summed E-state index contributed by atoms with van der Waals surface area (Å²) in [7, 11) is -3.38. The molecule has 0 radical (unpaired) electrons. The van der Waals surface area contributed by atoms with E-state index in [0.717, 1.165) is 22.6 Å². The topological polar surface area (TPSA) is 84.1 Å². The van der Waals surface area contributed by atoms with Crippen molar-refractivity contribution in [3.05, 3.63) is 70.5 Å². The highest BCUT2D eigenvalue weighted by Crippen LogP contribution is 2.28. The van der Waals surface area contributed by atoms with Crippen molar-refractivity contribution in [1.82, 2.24) is 4.98 Å². The van der Waals surface area contributed by atoms with E-state index in [9.17, 15) is 18.0 Å². The first-order valence-electron chi connectivity index (χ1n) is 9.56. The van der Waals surface area contributed by atoms with Gasteiger partial charge in [-0.15, -0.1) is 0 Å². The number of aromatic amines is 1. The fourth-order valence-corrected chi connectivity index (χ4v) is 4.31. The molecule has 0 fully saturated rings. The van der Waals surface area contributed by atoms with E-state index in [2.05, 4.69) is 4.98 Å². The van der Waals surface area contributed by atoms with Gasteiger partial charge in [-0.2, -0.15) is 0 Å². The molecule has 3 aromatic rings. The zero-order valence-corrected chi connectivity index (χ0v) is 17.6. The minimum Gasteiger partial charge on any atom is -0.322 e. The second-order valence-corrected chi connectivity index (χ2v) is 10.0. The van der Waals surface area contributed by atoms with Crippen LogP contribution in [0.5, 0.6) is 0 Å². The molecule has 0 amide bonds. The van der Waals surface area contributed by atoms with Crippen LogP contribution in [0.1, 0.15) is 31.7 Å². The van der Waals surface area contributed by atoms with E-state index in [0.29, 0.717) is 11.3 Å². The van der Waals surface area contributed by atoms with Crippen LogP contribution < -0.4 is 5.56 Å². The van der Waals surface area contributed by atoms with Gasteiger partial charge in [0.1, 0.15) is 11.5 Å². The Bertz CT molecular complexity index is 1210. The van der Waals surface area contributed by atoms with Gasteiger partial charge in [0.15, 0.2) is 9.84 Å². The number of carbonyl (C=O) groups excluding carboxylic acids is 1. The lowest BCUT2D eigenvalue weighted by Gasteiger charge is -2.20. The van der Waals surface area contributed by atoms with Gasteiger partial charge < -0.3 is 4.98 Å². The Balaban J connectivity index is 1.91. The van der Waals surface area contributed by atoms with Crippen LogP contribution in [-0.2, 0) is 14.6 Å². The van der Waals surface area contributed by atoms with E-state index in [1.165, 1.54) is 0 Å². The lowest BCUT2D eigenvalue weighted by atomic mass is 9.85. The largest absolute Gasteiger partial charge is 0.322 e. The number of carbonyl (C=O) groups is 1. The second-order valence-electron chi connectivity index (χ2n) is 7.88. The van der Waals surface area contributed by atoms with Gasteiger partial charge in [0.25, 0.3) is 5.56 Å². The molecule has 0 saturated carbocycles. The van der Waals surface area contributed by atoms with Gasteiger partial charge in [-0.25, -0.2) is 8.42 Å². The second kappa shape index (κ2) is 8.33. The van der Waals surface area contributed by atoms with Crippen molar-refractivity contribution < 1.29 is 13.2 Å². The number of fused-ring (bicyclic) bond motifs is 1. The third kappa shape index (κ3) is 5.21. The van der Waals surface area contributed by atoms with Crippen molar-refractivity contribution in [1.29, 1.82) is 0 Å². The Labute approximate surface area is 170 Å².